The SMILES string of the molecule is CC(C)CC(=O)N1CCCCC[C@@H]1c1cc(-c2cccs2)on1. The Balaban J connectivity index is 1.83. The summed E-state index contributed by atoms with van der Waals surface area (Å²) < 4.78 is 5.53. The monoisotopic (exact) mass is 332 g/mol. The van der Waals surface area contributed by atoms with Crippen molar-refractivity contribution >= 4 is 17.2 Å². The van der Waals surface area contributed by atoms with E-state index in [0.29, 0.717) is 12.3 Å². The Morgan fingerprint density at radius 1 is 1.43 bits per heavy atom. The molecule has 0 radical (unpaired) electrons. The molecule has 1 atom stereocenters. The number of nitrogens with zero attached hydrogens (tertiary/aromatic N) is 2. The number of hydrogen-bond acceptors (Lipinski definition) is 4. The van der Waals surface area contributed by atoms with Crippen LogP contribution >= 0.6 is 11.3 Å². The molecule has 0 saturated carbocycles. The highest BCUT2D eigenvalue weighted by atomic mass is 32.1. The average molecular weight is 332 g/mol. The largest absolute Gasteiger partial charge is 0.355 e. The fourth-order valence-corrected chi connectivity index (χ4v) is 3.83. The van der Waals surface area contributed by atoms with Gasteiger partial charge in [-0.2, -0.15) is 0 Å². The minimum atomic E-state index is 0.0567. The molecule has 2 aromatic heterocycles. The van der Waals surface area contributed by atoms with E-state index in [0.717, 1.165) is 42.1 Å². The van der Waals surface area contributed by atoms with Gasteiger partial charge >= 0.3 is 0 Å². The normalized spacial score (nSPS) is 19.1. The van der Waals surface area contributed by atoms with Crippen molar-refractivity contribution in [2.45, 2.75) is 52.0 Å². The zero-order valence-electron chi connectivity index (χ0n) is 13.8. The van der Waals surface area contributed by atoms with Crippen molar-refractivity contribution in [3.05, 3.63) is 29.3 Å². The lowest BCUT2D eigenvalue weighted by Crippen LogP contribution is -2.35. The molecule has 3 heterocycles. The first-order valence-electron chi connectivity index (χ1n) is 8.45. The molecular formula is C18H24N2O2S. The molecule has 0 N–H and O–H groups in total. The zero-order chi connectivity index (χ0) is 16.2. The second kappa shape index (κ2) is 7.30. The first kappa shape index (κ1) is 16.2. The van der Waals surface area contributed by atoms with Crippen molar-refractivity contribution in [2.24, 2.45) is 5.92 Å². The Morgan fingerprint density at radius 3 is 3.04 bits per heavy atom. The maximum atomic E-state index is 12.7. The second-order valence-electron chi connectivity index (χ2n) is 6.64. The summed E-state index contributed by atoms with van der Waals surface area (Å²) in [5.41, 5.74) is 0.896. The maximum Gasteiger partial charge on any atom is 0.223 e. The quantitative estimate of drug-likeness (QED) is 0.800. The number of thiophene rings is 1. The number of hydrogen-bond donors (Lipinski definition) is 0. The van der Waals surface area contributed by atoms with E-state index in [1.165, 1.54) is 6.42 Å². The molecule has 5 heteroatoms. The first-order chi connectivity index (χ1) is 11.1. The van der Waals surface area contributed by atoms with E-state index in [9.17, 15) is 4.79 Å². The van der Waals surface area contributed by atoms with E-state index in [-0.39, 0.29) is 11.9 Å². The molecule has 2 aromatic rings. The van der Waals surface area contributed by atoms with Gasteiger partial charge in [0.05, 0.1) is 10.9 Å². The Bertz CT molecular complexity index is 633. The van der Waals surface area contributed by atoms with Gasteiger partial charge < -0.3 is 9.42 Å². The third-order valence-corrected chi connectivity index (χ3v) is 5.17. The summed E-state index contributed by atoms with van der Waals surface area (Å²) in [4.78, 5) is 15.8. The summed E-state index contributed by atoms with van der Waals surface area (Å²) in [6, 6.07) is 6.11. The minimum absolute atomic E-state index is 0.0567. The smallest absolute Gasteiger partial charge is 0.223 e. The van der Waals surface area contributed by atoms with E-state index in [1.807, 2.05) is 28.5 Å². The molecular weight excluding hydrogens is 308 g/mol. The first-order valence-corrected chi connectivity index (χ1v) is 9.33. The summed E-state index contributed by atoms with van der Waals surface area (Å²) >= 11 is 1.64. The van der Waals surface area contributed by atoms with Crippen LogP contribution < -0.4 is 0 Å². The van der Waals surface area contributed by atoms with Crippen LogP contribution in [-0.2, 0) is 4.79 Å². The number of likely N-dealkylation sites (tertiary alicyclic amines) is 1. The van der Waals surface area contributed by atoms with Gasteiger partial charge in [-0.25, -0.2) is 0 Å². The number of amides is 1. The molecule has 1 aliphatic rings. The van der Waals surface area contributed by atoms with Gasteiger partial charge in [0.15, 0.2) is 5.76 Å². The molecule has 1 amide bonds. The average Bonchev–Trinajstić information content (AvgIpc) is 3.13. The molecule has 0 unspecified atom stereocenters. The van der Waals surface area contributed by atoms with Crippen LogP contribution in [0.4, 0.5) is 0 Å². The number of rotatable bonds is 4. The van der Waals surface area contributed by atoms with Crippen LogP contribution in [0.3, 0.4) is 0 Å². The van der Waals surface area contributed by atoms with Gasteiger partial charge in [-0.3, -0.25) is 4.79 Å². The molecule has 0 aromatic carbocycles. The van der Waals surface area contributed by atoms with E-state index in [4.69, 9.17) is 4.52 Å². The van der Waals surface area contributed by atoms with Crippen molar-refractivity contribution < 1.29 is 9.32 Å². The highest BCUT2D eigenvalue weighted by molar-refractivity contribution is 7.13. The molecule has 1 saturated heterocycles. The van der Waals surface area contributed by atoms with Crippen LogP contribution in [0.2, 0.25) is 0 Å². The Morgan fingerprint density at radius 2 is 2.30 bits per heavy atom. The molecule has 4 nitrogen and oxygen atoms in total. The summed E-state index contributed by atoms with van der Waals surface area (Å²) in [7, 11) is 0. The van der Waals surface area contributed by atoms with Crippen molar-refractivity contribution in [1.29, 1.82) is 0 Å². The molecule has 0 spiro atoms. The Kier molecular flexibility index (Phi) is 5.16. The fraction of sp³-hybridized carbons (Fsp3) is 0.556. The molecule has 1 aliphatic heterocycles. The number of carbonyl (C=O) groups excluding carboxylic acids is 1. The molecule has 23 heavy (non-hydrogen) atoms. The van der Waals surface area contributed by atoms with Crippen LogP contribution in [0, 0.1) is 5.92 Å². The molecule has 1 fully saturated rings. The van der Waals surface area contributed by atoms with Gasteiger partial charge in [-0.15, -0.1) is 11.3 Å². The Hall–Kier alpha value is -1.62. The van der Waals surface area contributed by atoms with E-state index >= 15 is 0 Å². The summed E-state index contributed by atoms with van der Waals surface area (Å²) in [6.07, 6.45) is 4.97. The van der Waals surface area contributed by atoms with Gasteiger partial charge in [-0.1, -0.05) is 37.9 Å². The third kappa shape index (κ3) is 3.83. The fourth-order valence-electron chi connectivity index (χ4n) is 3.16. The van der Waals surface area contributed by atoms with E-state index in [2.05, 4.69) is 19.0 Å². The summed E-state index contributed by atoms with van der Waals surface area (Å²) in [5, 5.41) is 6.32. The lowest BCUT2D eigenvalue weighted by atomic mass is 10.0. The Labute approximate surface area is 141 Å². The molecule has 3 rings (SSSR count). The standard InChI is InChI=1S/C18H24N2O2S/c1-13(2)11-18(21)20-9-5-3-4-7-15(20)14-12-16(22-19-14)17-8-6-10-23-17/h6,8,10,12-13,15H,3-5,7,9,11H2,1-2H3/t15-/m1/s1. The molecule has 0 bridgehead atoms. The molecule has 0 aliphatic carbocycles. The van der Waals surface area contributed by atoms with Crippen LogP contribution in [0.25, 0.3) is 10.6 Å². The zero-order valence-corrected chi connectivity index (χ0v) is 14.6. The maximum absolute atomic E-state index is 12.7. The summed E-state index contributed by atoms with van der Waals surface area (Å²) in [5.74, 6) is 1.42. The number of carbonyl (C=O) groups is 1. The van der Waals surface area contributed by atoms with E-state index < -0.39 is 0 Å². The van der Waals surface area contributed by atoms with E-state index in [1.54, 1.807) is 11.3 Å². The van der Waals surface area contributed by atoms with Crippen LogP contribution in [0.5, 0.6) is 0 Å². The van der Waals surface area contributed by atoms with Crippen molar-refractivity contribution in [3.8, 4) is 10.6 Å². The predicted molar refractivity (Wildman–Crippen MR) is 92.2 cm³/mol. The lowest BCUT2D eigenvalue weighted by molar-refractivity contribution is -0.134. The topological polar surface area (TPSA) is 46.3 Å². The highest BCUT2D eigenvalue weighted by Crippen LogP contribution is 2.33. The lowest BCUT2D eigenvalue weighted by Gasteiger charge is -2.29. The van der Waals surface area contributed by atoms with Gasteiger partial charge in [0, 0.05) is 19.0 Å². The minimum Gasteiger partial charge on any atom is -0.355 e. The third-order valence-electron chi connectivity index (χ3n) is 4.29. The number of aromatic nitrogens is 1. The van der Waals surface area contributed by atoms with Crippen LogP contribution in [0.15, 0.2) is 28.1 Å². The van der Waals surface area contributed by atoms with Crippen molar-refractivity contribution in [1.82, 2.24) is 10.1 Å². The second-order valence-corrected chi connectivity index (χ2v) is 7.59. The highest BCUT2D eigenvalue weighted by Gasteiger charge is 2.29. The van der Waals surface area contributed by atoms with Crippen molar-refractivity contribution in [2.75, 3.05) is 6.54 Å². The predicted octanol–water partition coefficient (Wildman–Crippen LogP) is 4.89. The van der Waals surface area contributed by atoms with Gasteiger partial charge in [-0.05, 0) is 30.2 Å². The van der Waals surface area contributed by atoms with Gasteiger partial charge in [0.25, 0.3) is 0 Å². The van der Waals surface area contributed by atoms with Gasteiger partial charge in [0.2, 0.25) is 5.91 Å². The van der Waals surface area contributed by atoms with Crippen LogP contribution in [0.1, 0.15) is 57.7 Å². The van der Waals surface area contributed by atoms with Crippen LogP contribution in [-0.4, -0.2) is 22.5 Å². The van der Waals surface area contributed by atoms with Crippen molar-refractivity contribution in [3.63, 3.8) is 0 Å². The molecule has 124 valence electrons. The van der Waals surface area contributed by atoms with Gasteiger partial charge in [0.1, 0.15) is 5.69 Å². The summed E-state index contributed by atoms with van der Waals surface area (Å²) in [6.45, 7) is 5.02.